The van der Waals surface area contributed by atoms with Crippen molar-refractivity contribution >= 4 is 11.6 Å². The summed E-state index contributed by atoms with van der Waals surface area (Å²) in [6.07, 6.45) is 3.19. The van der Waals surface area contributed by atoms with Crippen LogP contribution in [0.3, 0.4) is 0 Å². The van der Waals surface area contributed by atoms with E-state index in [0.29, 0.717) is 6.04 Å². The first-order valence-electron chi connectivity index (χ1n) is 7.20. The lowest BCUT2D eigenvalue weighted by molar-refractivity contribution is 0.156. The third-order valence-electron chi connectivity index (χ3n) is 3.95. The predicted molar refractivity (Wildman–Crippen MR) is 84.3 cm³/mol. The summed E-state index contributed by atoms with van der Waals surface area (Å²) in [5.74, 6) is 0. The molecule has 0 spiro atoms. The van der Waals surface area contributed by atoms with Gasteiger partial charge in [0, 0.05) is 48.6 Å². The number of aromatic nitrogens is 2. The van der Waals surface area contributed by atoms with E-state index < -0.39 is 0 Å². The van der Waals surface area contributed by atoms with E-state index in [1.807, 2.05) is 29.9 Å². The van der Waals surface area contributed by atoms with Crippen molar-refractivity contribution in [2.75, 3.05) is 20.3 Å². The Kier molecular flexibility index (Phi) is 4.29. The Hall–Kier alpha value is -1.36. The molecule has 3 rings (SSSR count). The summed E-state index contributed by atoms with van der Waals surface area (Å²) in [4.78, 5) is 2.35. The van der Waals surface area contributed by atoms with E-state index in [1.165, 1.54) is 5.56 Å². The molecule has 1 saturated heterocycles. The van der Waals surface area contributed by atoms with Crippen molar-refractivity contribution in [1.82, 2.24) is 14.7 Å². The van der Waals surface area contributed by atoms with Crippen LogP contribution in [0.1, 0.15) is 12.0 Å². The lowest BCUT2D eigenvalue weighted by Gasteiger charge is -2.22. The van der Waals surface area contributed by atoms with Crippen LogP contribution in [0.5, 0.6) is 0 Å². The molecule has 112 valence electrons. The van der Waals surface area contributed by atoms with E-state index >= 15 is 0 Å². The SMILES string of the molecule is CN(Cc1cn(C)nc1-c1cccc(Cl)c1)C1CCOC1. The second-order valence-corrected chi connectivity index (χ2v) is 6.06. The lowest BCUT2D eigenvalue weighted by Crippen LogP contribution is -2.31. The molecule has 0 N–H and O–H groups in total. The Labute approximate surface area is 130 Å². The topological polar surface area (TPSA) is 30.3 Å². The average molecular weight is 306 g/mol. The Balaban J connectivity index is 1.85. The highest BCUT2D eigenvalue weighted by Gasteiger charge is 2.22. The zero-order chi connectivity index (χ0) is 14.8. The van der Waals surface area contributed by atoms with Gasteiger partial charge >= 0.3 is 0 Å². The molecule has 1 aliphatic rings. The first-order valence-corrected chi connectivity index (χ1v) is 7.58. The molecule has 0 aliphatic carbocycles. The number of nitrogens with zero attached hydrogens (tertiary/aromatic N) is 3. The van der Waals surface area contributed by atoms with Crippen molar-refractivity contribution in [3.63, 3.8) is 0 Å². The Morgan fingerprint density at radius 3 is 3.05 bits per heavy atom. The van der Waals surface area contributed by atoms with Gasteiger partial charge in [-0.15, -0.1) is 0 Å². The molecule has 0 radical (unpaired) electrons. The fourth-order valence-electron chi connectivity index (χ4n) is 2.80. The number of ether oxygens (including phenoxy) is 1. The average Bonchev–Trinajstić information content (AvgIpc) is 3.08. The molecule has 1 unspecified atom stereocenters. The first-order chi connectivity index (χ1) is 10.1. The van der Waals surface area contributed by atoms with Gasteiger partial charge in [0.25, 0.3) is 0 Å². The number of likely N-dealkylation sites (N-methyl/N-ethyl adjacent to an activating group) is 1. The smallest absolute Gasteiger partial charge is 0.0968 e. The van der Waals surface area contributed by atoms with Crippen molar-refractivity contribution in [2.24, 2.45) is 7.05 Å². The second kappa shape index (κ2) is 6.18. The number of rotatable bonds is 4. The molecular weight excluding hydrogens is 286 g/mol. The van der Waals surface area contributed by atoms with E-state index in [0.717, 1.165) is 42.5 Å². The van der Waals surface area contributed by atoms with E-state index in [-0.39, 0.29) is 0 Å². The predicted octanol–water partition coefficient (Wildman–Crippen LogP) is 2.96. The molecule has 0 bridgehead atoms. The number of benzene rings is 1. The number of halogens is 1. The summed E-state index contributed by atoms with van der Waals surface area (Å²) >= 11 is 6.10. The minimum atomic E-state index is 0.498. The van der Waals surface area contributed by atoms with Gasteiger partial charge < -0.3 is 4.74 Å². The molecule has 1 fully saturated rings. The van der Waals surface area contributed by atoms with Gasteiger partial charge in [-0.25, -0.2) is 0 Å². The van der Waals surface area contributed by atoms with Crippen molar-refractivity contribution in [3.8, 4) is 11.3 Å². The normalized spacial score (nSPS) is 18.6. The van der Waals surface area contributed by atoms with Crippen LogP contribution >= 0.6 is 11.6 Å². The molecule has 2 heterocycles. The lowest BCUT2D eigenvalue weighted by atomic mass is 10.1. The summed E-state index contributed by atoms with van der Waals surface area (Å²) in [5, 5.41) is 5.34. The van der Waals surface area contributed by atoms with E-state index in [2.05, 4.69) is 29.3 Å². The van der Waals surface area contributed by atoms with Gasteiger partial charge in [0.05, 0.1) is 12.3 Å². The highest BCUT2D eigenvalue weighted by Crippen LogP contribution is 2.26. The molecule has 0 amide bonds. The van der Waals surface area contributed by atoms with Crippen LogP contribution in [0.25, 0.3) is 11.3 Å². The van der Waals surface area contributed by atoms with Crippen LogP contribution in [0, 0.1) is 0 Å². The second-order valence-electron chi connectivity index (χ2n) is 5.62. The summed E-state index contributed by atoms with van der Waals surface area (Å²) in [6.45, 7) is 2.55. The van der Waals surface area contributed by atoms with Crippen LogP contribution in [-0.4, -0.2) is 41.0 Å². The van der Waals surface area contributed by atoms with E-state index in [9.17, 15) is 0 Å². The monoisotopic (exact) mass is 305 g/mol. The number of hydrogen-bond acceptors (Lipinski definition) is 3. The Morgan fingerprint density at radius 1 is 1.48 bits per heavy atom. The summed E-state index contributed by atoms with van der Waals surface area (Å²) < 4.78 is 7.34. The fraction of sp³-hybridized carbons (Fsp3) is 0.438. The van der Waals surface area contributed by atoms with Gasteiger partial charge in [0.15, 0.2) is 0 Å². The highest BCUT2D eigenvalue weighted by atomic mass is 35.5. The highest BCUT2D eigenvalue weighted by molar-refractivity contribution is 6.30. The quantitative estimate of drug-likeness (QED) is 0.870. The molecule has 21 heavy (non-hydrogen) atoms. The maximum Gasteiger partial charge on any atom is 0.0968 e. The molecule has 1 atom stereocenters. The summed E-state index contributed by atoms with van der Waals surface area (Å²) in [5.41, 5.74) is 3.29. The Bertz CT molecular complexity index is 620. The molecule has 5 heteroatoms. The first kappa shape index (κ1) is 14.6. The van der Waals surface area contributed by atoms with Gasteiger partial charge in [-0.3, -0.25) is 9.58 Å². The largest absolute Gasteiger partial charge is 0.380 e. The van der Waals surface area contributed by atoms with Crippen molar-refractivity contribution < 1.29 is 4.74 Å². The minimum Gasteiger partial charge on any atom is -0.380 e. The van der Waals surface area contributed by atoms with Crippen LogP contribution < -0.4 is 0 Å². The molecule has 2 aromatic rings. The van der Waals surface area contributed by atoms with E-state index in [4.69, 9.17) is 16.3 Å². The summed E-state index contributed by atoms with van der Waals surface area (Å²) in [7, 11) is 4.10. The number of hydrogen-bond donors (Lipinski definition) is 0. The van der Waals surface area contributed by atoms with Crippen LogP contribution in [0.4, 0.5) is 0 Å². The number of aryl methyl sites for hydroxylation is 1. The van der Waals surface area contributed by atoms with Gasteiger partial charge in [-0.2, -0.15) is 5.10 Å². The van der Waals surface area contributed by atoms with Crippen LogP contribution in [0.2, 0.25) is 5.02 Å². The maximum atomic E-state index is 6.10. The molecular formula is C16H20ClN3O. The van der Waals surface area contributed by atoms with Crippen LogP contribution in [-0.2, 0) is 18.3 Å². The molecule has 1 aliphatic heterocycles. The van der Waals surface area contributed by atoms with E-state index in [1.54, 1.807) is 0 Å². The van der Waals surface area contributed by atoms with Gasteiger partial charge in [-0.05, 0) is 25.6 Å². The third kappa shape index (κ3) is 3.28. The standard InChI is InChI=1S/C16H20ClN3O/c1-19(15-6-7-21-11-15)9-13-10-20(2)18-16(13)12-4-3-5-14(17)8-12/h3-5,8,10,15H,6-7,9,11H2,1-2H3. The van der Waals surface area contributed by atoms with Crippen molar-refractivity contribution in [1.29, 1.82) is 0 Å². The van der Waals surface area contributed by atoms with Crippen LogP contribution in [0.15, 0.2) is 30.5 Å². The molecule has 0 saturated carbocycles. The molecule has 1 aromatic heterocycles. The van der Waals surface area contributed by atoms with Crippen molar-refractivity contribution in [3.05, 3.63) is 41.0 Å². The fourth-order valence-corrected chi connectivity index (χ4v) is 2.99. The van der Waals surface area contributed by atoms with Gasteiger partial charge in [0.1, 0.15) is 0 Å². The Morgan fingerprint density at radius 2 is 2.33 bits per heavy atom. The zero-order valence-electron chi connectivity index (χ0n) is 12.4. The van der Waals surface area contributed by atoms with Gasteiger partial charge in [0.2, 0.25) is 0 Å². The molecule has 1 aromatic carbocycles. The van der Waals surface area contributed by atoms with Gasteiger partial charge in [-0.1, -0.05) is 23.7 Å². The summed E-state index contributed by atoms with van der Waals surface area (Å²) in [6, 6.07) is 8.36. The third-order valence-corrected chi connectivity index (χ3v) is 4.19. The minimum absolute atomic E-state index is 0.498. The molecule has 4 nitrogen and oxygen atoms in total. The zero-order valence-corrected chi connectivity index (χ0v) is 13.2. The maximum absolute atomic E-state index is 6.10. The van der Waals surface area contributed by atoms with Crippen molar-refractivity contribution in [2.45, 2.75) is 19.0 Å².